The van der Waals surface area contributed by atoms with Crippen LogP contribution in [0.4, 0.5) is 5.13 Å². The number of ether oxygens (including phenoxy) is 1. The predicted octanol–water partition coefficient (Wildman–Crippen LogP) is 1.25. The molecule has 1 fully saturated rings. The number of carbonyl (C=O) groups is 1. The van der Waals surface area contributed by atoms with Gasteiger partial charge in [0.1, 0.15) is 12.2 Å². The number of benzene rings is 1. The summed E-state index contributed by atoms with van der Waals surface area (Å²) in [7, 11) is 0. The lowest BCUT2D eigenvalue weighted by Gasteiger charge is -2.36. The van der Waals surface area contributed by atoms with Crippen molar-refractivity contribution in [3.05, 3.63) is 46.5 Å². The van der Waals surface area contributed by atoms with Crippen LogP contribution in [0.3, 0.4) is 0 Å². The van der Waals surface area contributed by atoms with Gasteiger partial charge in [0.15, 0.2) is 5.13 Å². The van der Waals surface area contributed by atoms with Gasteiger partial charge in [-0.05, 0) is 24.6 Å². The van der Waals surface area contributed by atoms with Gasteiger partial charge in [-0.2, -0.15) is 0 Å². The van der Waals surface area contributed by atoms with Gasteiger partial charge >= 0.3 is 0 Å². The van der Waals surface area contributed by atoms with Gasteiger partial charge < -0.3 is 20.1 Å². The van der Waals surface area contributed by atoms with E-state index in [1.807, 2.05) is 6.92 Å². The second-order valence-electron chi connectivity index (χ2n) is 6.00. The summed E-state index contributed by atoms with van der Waals surface area (Å²) < 4.78 is 5.61. The SMILES string of the molecule is Cc1cnc(NC(=O)c2cccc(C3O[C@H](CO)C(O)C[C@@H]3O)c2)s1. The zero-order chi connectivity index (χ0) is 18.0. The maximum atomic E-state index is 12.4. The molecule has 0 saturated carbocycles. The molecule has 2 aromatic rings. The molecule has 1 aromatic heterocycles. The zero-order valence-corrected chi connectivity index (χ0v) is 14.4. The molecule has 4 N–H and O–H groups in total. The fraction of sp³-hybridized carbons (Fsp3) is 0.412. The Bertz CT molecular complexity index is 750. The molecule has 1 amide bonds. The Balaban J connectivity index is 1.77. The summed E-state index contributed by atoms with van der Waals surface area (Å²) in [5, 5.41) is 32.5. The van der Waals surface area contributed by atoms with Gasteiger partial charge in [-0.1, -0.05) is 12.1 Å². The Labute approximate surface area is 148 Å². The summed E-state index contributed by atoms with van der Waals surface area (Å²) in [6, 6.07) is 6.74. The summed E-state index contributed by atoms with van der Waals surface area (Å²) in [6.07, 6.45) is -1.53. The van der Waals surface area contributed by atoms with E-state index in [1.54, 1.807) is 30.5 Å². The van der Waals surface area contributed by atoms with E-state index in [0.29, 0.717) is 16.3 Å². The van der Waals surface area contributed by atoms with Crippen molar-refractivity contribution >= 4 is 22.4 Å². The van der Waals surface area contributed by atoms with Gasteiger partial charge in [0.2, 0.25) is 0 Å². The standard InChI is InChI=1S/C17H20N2O5S/c1-9-7-18-17(25-9)19-16(23)11-4-2-3-10(5-11)15-13(22)6-12(21)14(8-20)24-15/h2-5,7,12-15,20-22H,6,8H2,1H3,(H,18,19,23)/t12?,13-,14+,15?/m0/s1. The Morgan fingerprint density at radius 3 is 2.88 bits per heavy atom. The number of rotatable bonds is 4. The van der Waals surface area contributed by atoms with Crippen LogP contribution in [0.5, 0.6) is 0 Å². The highest BCUT2D eigenvalue weighted by molar-refractivity contribution is 7.15. The Morgan fingerprint density at radius 2 is 2.20 bits per heavy atom. The summed E-state index contributed by atoms with van der Waals surface area (Å²) in [4.78, 5) is 17.5. The van der Waals surface area contributed by atoms with Crippen LogP contribution in [-0.4, -0.2) is 51.1 Å². The number of nitrogens with zero attached hydrogens (tertiary/aromatic N) is 1. The van der Waals surface area contributed by atoms with Crippen LogP contribution < -0.4 is 5.32 Å². The van der Waals surface area contributed by atoms with Crippen LogP contribution >= 0.6 is 11.3 Å². The van der Waals surface area contributed by atoms with Crippen molar-refractivity contribution in [3.8, 4) is 0 Å². The average molecular weight is 364 g/mol. The lowest BCUT2D eigenvalue weighted by atomic mass is 9.93. The van der Waals surface area contributed by atoms with E-state index in [4.69, 9.17) is 4.74 Å². The number of carbonyl (C=O) groups excluding carboxylic acids is 1. The van der Waals surface area contributed by atoms with E-state index in [9.17, 15) is 20.1 Å². The van der Waals surface area contributed by atoms with E-state index in [1.165, 1.54) is 11.3 Å². The molecule has 0 bridgehead atoms. The first-order valence-corrected chi connectivity index (χ1v) is 8.75. The van der Waals surface area contributed by atoms with Crippen molar-refractivity contribution in [2.24, 2.45) is 0 Å². The van der Waals surface area contributed by atoms with Crippen LogP contribution in [0.15, 0.2) is 30.5 Å². The molecule has 0 radical (unpaired) electrons. The number of aliphatic hydroxyl groups excluding tert-OH is 3. The van der Waals surface area contributed by atoms with Crippen molar-refractivity contribution in [2.45, 2.75) is 37.8 Å². The molecular formula is C17H20N2O5S. The number of aliphatic hydroxyl groups is 3. The molecule has 2 heterocycles. The lowest BCUT2D eigenvalue weighted by molar-refractivity contribution is -0.181. The fourth-order valence-corrected chi connectivity index (χ4v) is 3.46. The zero-order valence-electron chi connectivity index (χ0n) is 13.6. The van der Waals surface area contributed by atoms with Gasteiger partial charge in [-0.15, -0.1) is 11.3 Å². The van der Waals surface area contributed by atoms with E-state index in [0.717, 1.165) is 4.88 Å². The molecule has 1 aromatic carbocycles. The Morgan fingerprint density at radius 1 is 1.40 bits per heavy atom. The van der Waals surface area contributed by atoms with Gasteiger partial charge in [-0.3, -0.25) is 10.1 Å². The Hall–Kier alpha value is -1.84. The highest BCUT2D eigenvalue weighted by atomic mass is 32.1. The number of nitrogens with one attached hydrogen (secondary N) is 1. The summed E-state index contributed by atoms with van der Waals surface area (Å²) >= 11 is 1.38. The predicted molar refractivity (Wildman–Crippen MR) is 92.6 cm³/mol. The molecule has 1 aliphatic rings. The lowest BCUT2D eigenvalue weighted by Crippen LogP contribution is -2.44. The van der Waals surface area contributed by atoms with Crippen molar-refractivity contribution < 1.29 is 24.9 Å². The number of anilines is 1. The van der Waals surface area contributed by atoms with Crippen LogP contribution in [0, 0.1) is 6.92 Å². The van der Waals surface area contributed by atoms with Crippen molar-refractivity contribution in [3.63, 3.8) is 0 Å². The Kier molecular flexibility index (Phi) is 5.45. The highest BCUT2D eigenvalue weighted by Crippen LogP contribution is 2.32. The van der Waals surface area contributed by atoms with Crippen LogP contribution in [-0.2, 0) is 4.74 Å². The van der Waals surface area contributed by atoms with E-state index in [-0.39, 0.29) is 18.9 Å². The normalized spacial score (nSPS) is 26.4. The van der Waals surface area contributed by atoms with Gasteiger partial charge in [-0.25, -0.2) is 4.98 Å². The molecule has 3 rings (SSSR count). The first-order chi connectivity index (χ1) is 12.0. The minimum atomic E-state index is -0.920. The average Bonchev–Trinajstić information content (AvgIpc) is 3.00. The number of thiazole rings is 1. The molecule has 2 unspecified atom stereocenters. The van der Waals surface area contributed by atoms with Gasteiger partial charge in [0.05, 0.1) is 18.8 Å². The number of hydrogen-bond acceptors (Lipinski definition) is 7. The number of aryl methyl sites for hydroxylation is 1. The van der Waals surface area contributed by atoms with Crippen molar-refractivity contribution in [2.75, 3.05) is 11.9 Å². The van der Waals surface area contributed by atoms with Gasteiger partial charge in [0.25, 0.3) is 5.91 Å². The summed E-state index contributed by atoms with van der Waals surface area (Å²) in [5.74, 6) is -0.305. The van der Waals surface area contributed by atoms with Crippen molar-refractivity contribution in [1.82, 2.24) is 4.98 Å². The molecule has 7 nitrogen and oxygen atoms in total. The topological polar surface area (TPSA) is 112 Å². The van der Waals surface area contributed by atoms with Crippen LogP contribution in [0.1, 0.15) is 33.3 Å². The number of hydrogen-bond donors (Lipinski definition) is 4. The quantitative estimate of drug-likeness (QED) is 0.650. The molecule has 4 atom stereocenters. The maximum Gasteiger partial charge on any atom is 0.257 e. The summed E-state index contributed by atoms with van der Waals surface area (Å²) in [6.45, 7) is 1.57. The molecule has 1 saturated heterocycles. The first kappa shape index (κ1) is 18.0. The largest absolute Gasteiger partial charge is 0.394 e. The molecule has 8 heteroatoms. The summed E-state index contributed by atoms with van der Waals surface area (Å²) in [5.41, 5.74) is 1.02. The third kappa shape index (κ3) is 4.05. The third-order valence-electron chi connectivity index (χ3n) is 4.08. The monoisotopic (exact) mass is 364 g/mol. The minimum absolute atomic E-state index is 0.102. The van der Waals surface area contributed by atoms with E-state index in [2.05, 4.69) is 10.3 Å². The molecular weight excluding hydrogens is 344 g/mol. The third-order valence-corrected chi connectivity index (χ3v) is 4.91. The van der Waals surface area contributed by atoms with Gasteiger partial charge in [0, 0.05) is 23.1 Å². The first-order valence-electron chi connectivity index (χ1n) is 7.94. The number of aromatic nitrogens is 1. The minimum Gasteiger partial charge on any atom is -0.394 e. The second-order valence-corrected chi connectivity index (χ2v) is 7.24. The van der Waals surface area contributed by atoms with Crippen LogP contribution in [0.2, 0.25) is 0 Å². The fourth-order valence-electron chi connectivity index (χ4n) is 2.80. The highest BCUT2D eigenvalue weighted by Gasteiger charge is 2.36. The van der Waals surface area contributed by atoms with Crippen molar-refractivity contribution in [1.29, 1.82) is 0 Å². The molecule has 134 valence electrons. The van der Waals surface area contributed by atoms with Crippen LogP contribution in [0.25, 0.3) is 0 Å². The molecule has 0 aliphatic carbocycles. The van der Waals surface area contributed by atoms with E-state index < -0.39 is 24.4 Å². The molecule has 1 aliphatic heterocycles. The van der Waals surface area contributed by atoms with E-state index >= 15 is 0 Å². The molecule has 0 spiro atoms. The smallest absolute Gasteiger partial charge is 0.257 e. The maximum absolute atomic E-state index is 12.4. The number of amides is 1. The second kappa shape index (κ2) is 7.59. The molecule has 25 heavy (non-hydrogen) atoms.